The van der Waals surface area contributed by atoms with Crippen LogP contribution in [0.15, 0.2) is 47.6 Å². The molecule has 4 unspecified atom stereocenters. The van der Waals surface area contributed by atoms with Gasteiger partial charge in [0, 0.05) is 10.8 Å². The van der Waals surface area contributed by atoms with Gasteiger partial charge in [0.25, 0.3) is 0 Å². The van der Waals surface area contributed by atoms with E-state index in [-0.39, 0.29) is 32.5 Å². The quantitative estimate of drug-likeness (QED) is 0.449. The summed E-state index contributed by atoms with van der Waals surface area (Å²) in [5, 5.41) is 23.4. The highest BCUT2D eigenvalue weighted by molar-refractivity contribution is 5.35. The van der Waals surface area contributed by atoms with Gasteiger partial charge in [-0.1, -0.05) is 126 Å². The van der Waals surface area contributed by atoms with E-state index in [2.05, 4.69) is 120 Å². The molecule has 0 bridgehead atoms. The first kappa shape index (κ1) is 28.1. The first-order valence-corrected chi connectivity index (χ1v) is 12.9. The highest BCUT2D eigenvalue weighted by atomic mass is 16.3. The van der Waals surface area contributed by atoms with Crippen molar-refractivity contribution < 1.29 is 10.2 Å². The molecule has 0 aliphatic heterocycles. The van der Waals surface area contributed by atoms with Crippen molar-refractivity contribution in [3.8, 4) is 0 Å². The molecule has 2 heteroatoms. The molecule has 2 N–H and O–H groups in total. The van der Waals surface area contributed by atoms with Crippen LogP contribution in [0, 0.1) is 32.5 Å². The van der Waals surface area contributed by atoms with E-state index >= 15 is 0 Å². The van der Waals surface area contributed by atoms with E-state index in [4.69, 9.17) is 0 Å². The molecule has 2 rings (SSSR count). The minimum Gasteiger partial charge on any atom is -0.388 e. The van der Waals surface area contributed by atoms with Crippen LogP contribution in [-0.2, 0) is 0 Å². The maximum absolute atomic E-state index is 11.7. The molecule has 4 atom stereocenters. The van der Waals surface area contributed by atoms with Crippen molar-refractivity contribution in [2.45, 2.75) is 115 Å². The van der Waals surface area contributed by atoms with E-state index in [9.17, 15) is 10.2 Å². The van der Waals surface area contributed by atoms with Gasteiger partial charge in [-0.05, 0) is 45.6 Å². The Morgan fingerprint density at radius 3 is 1.15 bits per heavy atom. The first-order valence-electron chi connectivity index (χ1n) is 12.9. The Hall–Kier alpha value is -1.12. The summed E-state index contributed by atoms with van der Waals surface area (Å²) < 4.78 is 0. The van der Waals surface area contributed by atoms with Gasteiger partial charge in [-0.2, -0.15) is 0 Å². The molecule has 0 radical (unpaired) electrons. The Bertz CT molecular complexity index is 756. The van der Waals surface area contributed by atoms with Gasteiger partial charge in [-0.15, -0.1) is 0 Å². The third-order valence-electron chi connectivity index (χ3n) is 8.61. The average molecular weight is 457 g/mol. The predicted molar refractivity (Wildman–Crippen MR) is 143 cm³/mol. The number of aliphatic hydroxyl groups excluding tert-OH is 2. The fraction of sp³-hybridized carbons (Fsp3) is 0.742. The SMILES string of the molecule is CC(C)(C)C1=CC=CC(CCCC2(C(C)(C)C)C=CC=C(C(C)(C)C)C2O)(C(C)(C)C)C1O. The van der Waals surface area contributed by atoms with Crippen LogP contribution in [0.1, 0.15) is 102 Å². The second-order valence-corrected chi connectivity index (χ2v) is 14.7. The lowest BCUT2D eigenvalue weighted by Crippen LogP contribution is -2.50. The fourth-order valence-corrected chi connectivity index (χ4v) is 6.07. The maximum atomic E-state index is 11.7. The Labute approximate surface area is 205 Å². The Kier molecular flexibility index (Phi) is 7.52. The molecule has 2 nitrogen and oxygen atoms in total. The Morgan fingerprint density at radius 1 is 0.606 bits per heavy atom. The van der Waals surface area contributed by atoms with Crippen molar-refractivity contribution in [3.63, 3.8) is 0 Å². The molecular weight excluding hydrogens is 404 g/mol. The molecule has 0 aromatic heterocycles. The Morgan fingerprint density at radius 2 is 0.909 bits per heavy atom. The highest BCUT2D eigenvalue weighted by Crippen LogP contribution is 2.56. The fourth-order valence-electron chi connectivity index (χ4n) is 6.07. The van der Waals surface area contributed by atoms with Crippen LogP contribution in [0.25, 0.3) is 0 Å². The Balaban J connectivity index is 2.40. The van der Waals surface area contributed by atoms with Crippen molar-refractivity contribution in [1.29, 1.82) is 0 Å². The predicted octanol–water partition coefficient (Wildman–Crippen LogP) is 8.03. The van der Waals surface area contributed by atoms with Gasteiger partial charge in [0.05, 0.1) is 12.2 Å². The lowest BCUT2D eigenvalue weighted by atomic mass is 9.53. The normalized spacial score (nSPS) is 31.5. The van der Waals surface area contributed by atoms with Crippen molar-refractivity contribution >= 4 is 0 Å². The molecule has 2 aliphatic carbocycles. The second kappa shape index (κ2) is 8.83. The van der Waals surface area contributed by atoms with Gasteiger partial charge < -0.3 is 10.2 Å². The standard InChI is InChI=1S/C31H52O2/c1-26(2,3)22-16-13-18-30(24(22)32,28(7,8)9)20-15-21-31(29(10,11)12)19-14-17-23(25(31)33)27(4,5)6/h13-14,16-19,24-25,32-33H,15,20-21H2,1-12H3. The molecule has 33 heavy (non-hydrogen) atoms. The zero-order valence-electron chi connectivity index (χ0n) is 23.6. The van der Waals surface area contributed by atoms with E-state index in [1.54, 1.807) is 0 Å². The van der Waals surface area contributed by atoms with Crippen LogP contribution in [0.5, 0.6) is 0 Å². The number of aliphatic hydroxyl groups is 2. The van der Waals surface area contributed by atoms with E-state index in [1.807, 2.05) is 0 Å². The molecule has 0 aromatic carbocycles. The van der Waals surface area contributed by atoms with Crippen LogP contribution in [0.2, 0.25) is 0 Å². The van der Waals surface area contributed by atoms with Crippen molar-refractivity contribution in [2.75, 3.05) is 0 Å². The molecule has 0 aromatic rings. The summed E-state index contributed by atoms with van der Waals surface area (Å²) in [5.74, 6) is 0. The summed E-state index contributed by atoms with van der Waals surface area (Å²) in [6.45, 7) is 26.6. The summed E-state index contributed by atoms with van der Waals surface area (Å²) in [6, 6.07) is 0. The maximum Gasteiger partial charge on any atom is 0.0854 e. The highest BCUT2D eigenvalue weighted by Gasteiger charge is 2.52. The molecular formula is C31H52O2. The van der Waals surface area contributed by atoms with E-state index in [0.717, 1.165) is 30.4 Å². The zero-order valence-corrected chi connectivity index (χ0v) is 23.6. The smallest absolute Gasteiger partial charge is 0.0854 e. The van der Waals surface area contributed by atoms with Crippen molar-refractivity contribution in [3.05, 3.63) is 47.6 Å². The van der Waals surface area contributed by atoms with E-state index < -0.39 is 12.2 Å². The molecule has 0 saturated heterocycles. The summed E-state index contributed by atoms with van der Waals surface area (Å²) in [4.78, 5) is 0. The van der Waals surface area contributed by atoms with Gasteiger partial charge in [0.15, 0.2) is 0 Å². The minimum absolute atomic E-state index is 0.0813. The topological polar surface area (TPSA) is 40.5 Å². The molecule has 0 amide bonds. The van der Waals surface area contributed by atoms with Crippen molar-refractivity contribution in [1.82, 2.24) is 0 Å². The monoisotopic (exact) mass is 456 g/mol. The average Bonchev–Trinajstić information content (AvgIpc) is 2.60. The number of hydrogen-bond donors (Lipinski definition) is 2. The van der Waals surface area contributed by atoms with Crippen LogP contribution in [0.4, 0.5) is 0 Å². The lowest BCUT2D eigenvalue weighted by molar-refractivity contribution is -0.0342. The van der Waals surface area contributed by atoms with Crippen LogP contribution in [0.3, 0.4) is 0 Å². The van der Waals surface area contributed by atoms with Gasteiger partial charge in [0.1, 0.15) is 0 Å². The summed E-state index contributed by atoms with van der Waals surface area (Å²) in [5.41, 5.74) is 1.19. The largest absolute Gasteiger partial charge is 0.388 e. The lowest BCUT2D eigenvalue weighted by Gasteiger charge is -2.53. The molecule has 0 spiro atoms. The van der Waals surface area contributed by atoms with Gasteiger partial charge in [0.2, 0.25) is 0 Å². The van der Waals surface area contributed by atoms with E-state index in [0.29, 0.717) is 0 Å². The third-order valence-corrected chi connectivity index (χ3v) is 8.61. The van der Waals surface area contributed by atoms with Gasteiger partial charge >= 0.3 is 0 Å². The third kappa shape index (κ3) is 5.13. The van der Waals surface area contributed by atoms with Crippen LogP contribution in [-0.4, -0.2) is 22.4 Å². The van der Waals surface area contributed by atoms with Gasteiger partial charge in [-0.25, -0.2) is 0 Å². The van der Waals surface area contributed by atoms with Gasteiger partial charge in [-0.3, -0.25) is 0 Å². The zero-order chi connectivity index (χ0) is 25.7. The summed E-state index contributed by atoms with van der Waals surface area (Å²) in [7, 11) is 0. The minimum atomic E-state index is -0.509. The van der Waals surface area contributed by atoms with Crippen molar-refractivity contribution in [2.24, 2.45) is 32.5 Å². The molecule has 2 aliphatic rings. The molecule has 188 valence electrons. The number of allylic oxidation sites excluding steroid dienone is 4. The molecule has 0 saturated carbocycles. The first-order chi connectivity index (χ1) is 14.7. The molecule has 0 fully saturated rings. The number of rotatable bonds is 4. The second-order valence-electron chi connectivity index (χ2n) is 14.7. The van der Waals surface area contributed by atoms with E-state index in [1.165, 1.54) is 0 Å². The molecule has 0 heterocycles. The van der Waals surface area contributed by atoms with Crippen LogP contribution >= 0.6 is 0 Å². The summed E-state index contributed by atoms with van der Waals surface area (Å²) in [6.07, 6.45) is 14.7. The number of hydrogen-bond acceptors (Lipinski definition) is 2. The van der Waals surface area contributed by atoms with Crippen LogP contribution < -0.4 is 0 Å². The summed E-state index contributed by atoms with van der Waals surface area (Å²) >= 11 is 0.